The fourth-order valence-electron chi connectivity index (χ4n) is 4.04. The van der Waals surface area contributed by atoms with Crippen molar-refractivity contribution in [1.29, 1.82) is 0 Å². The van der Waals surface area contributed by atoms with E-state index in [1.807, 2.05) is 6.92 Å². The van der Waals surface area contributed by atoms with Gasteiger partial charge in [0.1, 0.15) is 24.1 Å². The quantitative estimate of drug-likeness (QED) is 0.283. The molecule has 9 nitrogen and oxygen atoms in total. The zero-order valence-electron chi connectivity index (χ0n) is 23.3. The van der Waals surface area contributed by atoms with Crippen LogP contribution in [0.4, 0.5) is 5.69 Å². The first-order valence-corrected chi connectivity index (χ1v) is 15.0. The molecule has 3 aromatic carbocycles. The molecule has 1 N–H and O–H groups in total. The van der Waals surface area contributed by atoms with Gasteiger partial charge in [0.05, 0.1) is 24.8 Å². The van der Waals surface area contributed by atoms with E-state index in [9.17, 15) is 18.0 Å². The number of ether oxygens (including phenoxy) is 2. The van der Waals surface area contributed by atoms with Crippen molar-refractivity contribution >= 4 is 50.7 Å². The van der Waals surface area contributed by atoms with Crippen LogP contribution < -0.4 is 19.1 Å². The first-order chi connectivity index (χ1) is 19.5. The van der Waals surface area contributed by atoms with Gasteiger partial charge in [0, 0.05) is 29.2 Å². The number of carbonyl (C=O) groups excluding carboxylic acids is 2. The number of hydrogen-bond donors (Lipinski definition) is 1. The van der Waals surface area contributed by atoms with Gasteiger partial charge in [-0.2, -0.15) is 0 Å². The monoisotopic (exact) mass is 621 g/mol. The highest BCUT2D eigenvalue weighted by molar-refractivity contribution is 7.92. The lowest BCUT2D eigenvalue weighted by atomic mass is 10.1. The second-order valence-electron chi connectivity index (χ2n) is 9.09. The van der Waals surface area contributed by atoms with Gasteiger partial charge in [0.25, 0.3) is 10.0 Å². The number of nitrogens with one attached hydrogen (secondary N) is 1. The SMILES string of the molecule is CCCNC(=O)C(C)N(Cc1ccc(Cl)cc1Cl)C(=O)CN(c1cc(OC)ccc1OC)S(=O)(=O)c1ccccc1. The average molecular weight is 623 g/mol. The smallest absolute Gasteiger partial charge is 0.264 e. The molecule has 0 radical (unpaired) electrons. The molecule has 0 saturated carbocycles. The molecule has 0 spiro atoms. The van der Waals surface area contributed by atoms with Crippen LogP contribution in [0.15, 0.2) is 71.6 Å². The van der Waals surface area contributed by atoms with Crippen LogP contribution in [0.3, 0.4) is 0 Å². The van der Waals surface area contributed by atoms with Crippen LogP contribution in [-0.2, 0) is 26.2 Å². The molecule has 1 atom stereocenters. The van der Waals surface area contributed by atoms with Crippen molar-refractivity contribution in [3.8, 4) is 11.5 Å². The van der Waals surface area contributed by atoms with Gasteiger partial charge in [0.15, 0.2) is 0 Å². The molecule has 3 rings (SSSR count). The Bertz CT molecular complexity index is 1470. The van der Waals surface area contributed by atoms with E-state index in [-0.39, 0.29) is 28.8 Å². The highest BCUT2D eigenvalue weighted by Gasteiger charge is 2.34. The molecule has 0 aliphatic rings. The molecule has 0 aliphatic heterocycles. The highest BCUT2D eigenvalue weighted by Crippen LogP contribution is 2.36. The van der Waals surface area contributed by atoms with Gasteiger partial charge in [-0.1, -0.05) is 54.4 Å². The standard InChI is InChI=1S/C29H33Cl2N3O6S/c1-5-15-32-29(36)20(2)33(18-21-11-12-22(30)16-25(21)31)28(35)19-34(41(37,38)24-9-7-6-8-10-24)26-17-23(39-3)13-14-27(26)40-4/h6-14,16-17,20H,5,15,18-19H2,1-4H3,(H,32,36). The Labute approximate surface area is 251 Å². The van der Waals surface area contributed by atoms with E-state index in [1.54, 1.807) is 49.4 Å². The number of nitrogens with zero attached hydrogens (tertiary/aromatic N) is 2. The van der Waals surface area contributed by atoms with Gasteiger partial charge in [0.2, 0.25) is 11.8 Å². The second-order valence-corrected chi connectivity index (χ2v) is 11.8. The summed E-state index contributed by atoms with van der Waals surface area (Å²) in [7, 11) is -1.44. The first kappa shape index (κ1) is 32.0. The van der Waals surface area contributed by atoms with Crippen LogP contribution in [0.25, 0.3) is 0 Å². The van der Waals surface area contributed by atoms with Gasteiger partial charge in [-0.25, -0.2) is 8.42 Å². The van der Waals surface area contributed by atoms with E-state index >= 15 is 0 Å². The van der Waals surface area contributed by atoms with Gasteiger partial charge in [-0.15, -0.1) is 0 Å². The number of carbonyl (C=O) groups is 2. The second kappa shape index (κ2) is 14.4. The minimum atomic E-state index is -4.28. The molecule has 0 fully saturated rings. The fourth-order valence-corrected chi connectivity index (χ4v) is 5.94. The number of sulfonamides is 1. The highest BCUT2D eigenvalue weighted by atomic mass is 35.5. The van der Waals surface area contributed by atoms with Crippen LogP contribution in [-0.4, -0.2) is 58.5 Å². The minimum absolute atomic E-state index is 0.0290. The van der Waals surface area contributed by atoms with Crippen LogP contribution in [0.1, 0.15) is 25.8 Å². The topological polar surface area (TPSA) is 105 Å². The molecule has 3 aromatic rings. The molecule has 0 bridgehead atoms. The van der Waals surface area contributed by atoms with Crippen molar-refractivity contribution in [3.63, 3.8) is 0 Å². The lowest BCUT2D eigenvalue weighted by molar-refractivity contribution is -0.139. The summed E-state index contributed by atoms with van der Waals surface area (Å²) in [4.78, 5) is 28.3. The number of rotatable bonds is 13. The van der Waals surface area contributed by atoms with E-state index < -0.39 is 28.5 Å². The largest absolute Gasteiger partial charge is 0.497 e. The summed E-state index contributed by atoms with van der Waals surface area (Å²) in [5, 5.41) is 3.51. The number of anilines is 1. The van der Waals surface area contributed by atoms with Crippen LogP contribution in [0.5, 0.6) is 11.5 Å². The van der Waals surface area contributed by atoms with Crippen molar-refractivity contribution in [2.45, 2.75) is 37.8 Å². The number of methoxy groups -OCH3 is 2. The van der Waals surface area contributed by atoms with Gasteiger partial charge >= 0.3 is 0 Å². The van der Waals surface area contributed by atoms with Crippen molar-refractivity contribution in [2.75, 3.05) is 31.6 Å². The molecule has 41 heavy (non-hydrogen) atoms. The number of benzene rings is 3. The predicted octanol–water partition coefficient (Wildman–Crippen LogP) is 5.15. The fraction of sp³-hybridized carbons (Fsp3) is 0.310. The van der Waals surface area contributed by atoms with E-state index in [0.717, 1.165) is 4.31 Å². The van der Waals surface area contributed by atoms with E-state index in [2.05, 4.69) is 5.32 Å². The zero-order chi connectivity index (χ0) is 30.2. The first-order valence-electron chi connectivity index (χ1n) is 12.8. The Morgan fingerprint density at radius 1 is 0.976 bits per heavy atom. The summed E-state index contributed by atoms with van der Waals surface area (Å²) in [5.74, 6) is -0.459. The third-order valence-corrected chi connectivity index (χ3v) is 8.70. The molecule has 2 amide bonds. The van der Waals surface area contributed by atoms with Gasteiger partial charge in [-0.05, 0) is 55.3 Å². The molecule has 12 heteroatoms. The molecule has 0 aromatic heterocycles. The normalized spacial score (nSPS) is 11.9. The Balaban J connectivity index is 2.12. The van der Waals surface area contributed by atoms with Gasteiger partial charge < -0.3 is 19.7 Å². The molecule has 0 saturated heterocycles. The molecule has 0 aliphatic carbocycles. The maximum Gasteiger partial charge on any atom is 0.264 e. The van der Waals surface area contributed by atoms with Crippen LogP contribution in [0, 0.1) is 0 Å². The van der Waals surface area contributed by atoms with Crippen LogP contribution >= 0.6 is 23.2 Å². The lowest BCUT2D eigenvalue weighted by Crippen LogP contribution is -2.51. The maximum atomic E-state index is 14.1. The van der Waals surface area contributed by atoms with Crippen molar-refractivity contribution in [3.05, 3.63) is 82.3 Å². The summed E-state index contributed by atoms with van der Waals surface area (Å²) in [5.41, 5.74) is 0.632. The molecule has 220 valence electrons. The lowest BCUT2D eigenvalue weighted by Gasteiger charge is -2.32. The predicted molar refractivity (Wildman–Crippen MR) is 160 cm³/mol. The summed E-state index contributed by atoms with van der Waals surface area (Å²) in [6, 6.07) is 16.3. The van der Waals surface area contributed by atoms with Crippen molar-refractivity contribution in [1.82, 2.24) is 10.2 Å². The molecular formula is C29H33Cl2N3O6S. The molecule has 1 unspecified atom stereocenters. The zero-order valence-corrected chi connectivity index (χ0v) is 25.6. The Hall–Kier alpha value is -3.47. The van der Waals surface area contributed by atoms with E-state index in [0.29, 0.717) is 34.3 Å². The van der Waals surface area contributed by atoms with Crippen molar-refractivity contribution < 1.29 is 27.5 Å². The maximum absolute atomic E-state index is 14.1. The Kier molecular flexibility index (Phi) is 11.3. The number of amides is 2. The molecule has 0 heterocycles. The van der Waals surface area contributed by atoms with Crippen molar-refractivity contribution in [2.24, 2.45) is 0 Å². The summed E-state index contributed by atoms with van der Waals surface area (Å²) in [6.07, 6.45) is 0.703. The number of hydrogen-bond acceptors (Lipinski definition) is 6. The van der Waals surface area contributed by atoms with Gasteiger partial charge in [-0.3, -0.25) is 13.9 Å². The molecular weight excluding hydrogens is 589 g/mol. The Morgan fingerprint density at radius 3 is 2.29 bits per heavy atom. The Morgan fingerprint density at radius 2 is 1.68 bits per heavy atom. The van der Waals surface area contributed by atoms with E-state index in [4.69, 9.17) is 32.7 Å². The summed E-state index contributed by atoms with van der Waals surface area (Å²) < 4.78 is 39.8. The van der Waals surface area contributed by atoms with Crippen LogP contribution in [0.2, 0.25) is 10.0 Å². The third kappa shape index (κ3) is 7.84. The minimum Gasteiger partial charge on any atom is -0.497 e. The average Bonchev–Trinajstić information content (AvgIpc) is 2.97. The summed E-state index contributed by atoms with van der Waals surface area (Å²) >= 11 is 12.5. The summed E-state index contributed by atoms with van der Waals surface area (Å²) in [6.45, 7) is 3.20. The number of halogens is 2. The third-order valence-electron chi connectivity index (χ3n) is 6.34. The van der Waals surface area contributed by atoms with E-state index in [1.165, 1.54) is 43.4 Å².